The number of aliphatic hydroxyl groups is 1. The largest absolute Gasteiger partial charge is 0.390 e. The van der Waals surface area contributed by atoms with E-state index in [-0.39, 0.29) is 6.04 Å². The van der Waals surface area contributed by atoms with Crippen molar-refractivity contribution in [3.05, 3.63) is 46.7 Å². The fourth-order valence-electron chi connectivity index (χ4n) is 4.10. The van der Waals surface area contributed by atoms with Crippen LogP contribution >= 0.6 is 11.6 Å². The predicted octanol–water partition coefficient (Wildman–Crippen LogP) is 4.93. The molecular weight excluding hydrogens is 390 g/mol. The van der Waals surface area contributed by atoms with Gasteiger partial charge in [-0.15, -0.1) is 0 Å². The van der Waals surface area contributed by atoms with Gasteiger partial charge in [0.1, 0.15) is 5.69 Å². The van der Waals surface area contributed by atoms with E-state index >= 15 is 0 Å². The maximum absolute atomic E-state index is 10.1. The van der Waals surface area contributed by atoms with Crippen molar-refractivity contribution in [3.63, 3.8) is 0 Å². The molecule has 0 amide bonds. The number of halogens is 1. The van der Waals surface area contributed by atoms with E-state index in [1.54, 1.807) is 0 Å². The van der Waals surface area contributed by atoms with Crippen molar-refractivity contribution in [2.45, 2.75) is 63.9 Å². The van der Waals surface area contributed by atoms with Crippen molar-refractivity contribution in [2.24, 2.45) is 0 Å². The molecule has 0 unspecified atom stereocenters. The minimum atomic E-state index is -0.601. The highest BCUT2D eigenvalue weighted by Gasteiger charge is 2.41. The van der Waals surface area contributed by atoms with Crippen molar-refractivity contribution in [1.82, 2.24) is 14.9 Å². The number of rotatable bonds is 6. The molecule has 7 heteroatoms. The Hall–Kier alpha value is -2.15. The summed E-state index contributed by atoms with van der Waals surface area (Å²) in [6.45, 7) is 4.31. The van der Waals surface area contributed by atoms with Gasteiger partial charge in [0.2, 0.25) is 0 Å². The third-order valence-electron chi connectivity index (χ3n) is 5.89. The summed E-state index contributed by atoms with van der Waals surface area (Å²) in [4.78, 5) is 0. The summed E-state index contributed by atoms with van der Waals surface area (Å²) in [5, 5.41) is 19.7. The van der Waals surface area contributed by atoms with Gasteiger partial charge in [-0.2, -0.15) is 5.10 Å². The van der Waals surface area contributed by atoms with Crippen molar-refractivity contribution < 1.29 is 14.4 Å². The molecule has 5 rings (SSSR count). The Bertz CT molecular complexity index is 1040. The smallest absolute Gasteiger partial charge is 0.176 e. The molecule has 6 nitrogen and oxygen atoms in total. The molecule has 0 spiro atoms. The summed E-state index contributed by atoms with van der Waals surface area (Å²) in [6.07, 6.45) is 5.74. The van der Waals surface area contributed by atoms with Crippen LogP contribution in [-0.2, 0) is 11.3 Å². The third-order valence-corrected chi connectivity index (χ3v) is 6.22. The molecule has 0 radical (unpaired) electrons. The number of nitrogens with zero attached hydrogens (tertiary/aromatic N) is 3. The van der Waals surface area contributed by atoms with Crippen LogP contribution in [0.1, 0.15) is 49.9 Å². The van der Waals surface area contributed by atoms with E-state index in [4.69, 9.17) is 20.9 Å². The molecule has 1 aromatic carbocycles. The second kappa shape index (κ2) is 6.97. The molecule has 3 aromatic rings. The summed E-state index contributed by atoms with van der Waals surface area (Å²) in [5.74, 6) is 0.676. The molecule has 0 atom stereocenters. The quantitative estimate of drug-likeness (QED) is 0.620. The number of benzene rings is 1. The Balaban J connectivity index is 1.53. The number of ether oxygens (including phenoxy) is 1. The maximum Gasteiger partial charge on any atom is 0.176 e. The minimum Gasteiger partial charge on any atom is -0.390 e. The average Bonchev–Trinajstić information content (AvgIpc) is 3.29. The van der Waals surface area contributed by atoms with Crippen LogP contribution in [0, 0.1) is 6.92 Å². The van der Waals surface area contributed by atoms with Crippen LogP contribution < -0.4 is 0 Å². The summed E-state index contributed by atoms with van der Waals surface area (Å²) in [6, 6.07) is 7.83. The van der Waals surface area contributed by atoms with E-state index < -0.39 is 5.60 Å². The monoisotopic (exact) mass is 413 g/mol. The SMILES string of the molecule is Cc1c(-c2onc(-c3ccccc3Cl)c2COC2CC2)cnn1C1CC(C)(O)C1. The van der Waals surface area contributed by atoms with Crippen molar-refractivity contribution in [1.29, 1.82) is 0 Å². The van der Waals surface area contributed by atoms with Crippen molar-refractivity contribution in [2.75, 3.05) is 0 Å². The van der Waals surface area contributed by atoms with Gasteiger partial charge in [-0.3, -0.25) is 4.68 Å². The summed E-state index contributed by atoms with van der Waals surface area (Å²) < 4.78 is 13.8. The molecule has 2 aromatic heterocycles. The van der Waals surface area contributed by atoms with Crippen LogP contribution in [0.25, 0.3) is 22.6 Å². The van der Waals surface area contributed by atoms with Gasteiger partial charge in [0.05, 0.1) is 46.7 Å². The number of hydrogen-bond acceptors (Lipinski definition) is 5. The third kappa shape index (κ3) is 3.50. The lowest BCUT2D eigenvalue weighted by Crippen LogP contribution is -2.42. The molecule has 0 saturated heterocycles. The van der Waals surface area contributed by atoms with Gasteiger partial charge in [0.15, 0.2) is 5.76 Å². The lowest BCUT2D eigenvalue weighted by Gasteiger charge is -2.41. The van der Waals surface area contributed by atoms with E-state index in [0.717, 1.165) is 35.2 Å². The van der Waals surface area contributed by atoms with Crippen LogP contribution in [0.2, 0.25) is 5.02 Å². The number of aromatic nitrogens is 3. The first kappa shape index (κ1) is 18.9. The Kier molecular flexibility index (Phi) is 4.53. The molecule has 29 heavy (non-hydrogen) atoms. The zero-order valence-corrected chi connectivity index (χ0v) is 17.3. The Labute approximate surface area is 174 Å². The van der Waals surface area contributed by atoms with Gasteiger partial charge >= 0.3 is 0 Å². The molecule has 2 heterocycles. The van der Waals surface area contributed by atoms with Crippen LogP contribution in [-0.4, -0.2) is 31.7 Å². The fraction of sp³-hybridized carbons (Fsp3) is 0.455. The van der Waals surface area contributed by atoms with E-state index in [1.807, 2.05) is 49.0 Å². The standard InChI is InChI=1S/C22H24ClN3O3/c1-13-17(11-24-26(13)14-9-22(2,27)10-14)21-18(12-28-15-7-8-15)20(25-29-21)16-5-3-4-6-19(16)23/h3-6,11,14-15,27H,7-10,12H2,1-2H3. The summed E-state index contributed by atoms with van der Waals surface area (Å²) >= 11 is 6.43. The molecule has 2 fully saturated rings. The first-order valence-corrected chi connectivity index (χ1v) is 10.4. The van der Waals surface area contributed by atoms with Crippen molar-refractivity contribution in [3.8, 4) is 22.6 Å². The molecule has 0 aliphatic heterocycles. The van der Waals surface area contributed by atoms with Gasteiger partial charge in [-0.25, -0.2) is 0 Å². The second-order valence-electron chi connectivity index (χ2n) is 8.48. The summed E-state index contributed by atoms with van der Waals surface area (Å²) in [7, 11) is 0. The molecular formula is C22H24ClN3O3. The molecule has 0 bridgehead atoms. The molecule has 1 N–H and O–H groups in total. The van der Waals surface area contributed by atoms with Crippen LogP contribution in [0.5, 0.6) is 0 Å². The molecule has 2 aliphatic carbocycles. The first-order valence-electron chi connectivity index (χ1n) is 10.0. The van der Waals surface area contributed by atoms with Gasteiger partial charge in [0.25, 0.3) is 0 Å². The van der Waals surface area contributed by atoms with Crippen molar-refractivity contribution >= 4 is 11.6 Å². The highest BCUT2D eigenvalue weighted by Crippen LogP contribution is 2.43. The fourth-order valence-corrected chi connectivity index (χ4v) is 4.32. The molecule has 2 aliphatic rings. The topological polar surface area (TPSA) is 73.3 Å². The van der Waals surface area contributed by atoms with E-state index in [0.29, 0.717) is 42.0 Å². The number of hydrogen-bond donors (Lipinski definition) is 1. The highest BCUT2D eigenvalue weighted by atomic mass is 35.5. The van der Waals surface area contributed by atoms with Gasteiger partial charge < -0.3 is 14.4 Å². The van der Waals surface area contributed by atoms with Crippen LogP contribution in [0.4, 0.5) is 0 Å². The van der Waals surface area contributed by atoms with Gasteiger partial charge in [-0.1, -0.05) is 35.0 Å². The Morgan fingerprint density at radius 3 is 2.72 bits per heavy atom. The Morgan fingerprint density at radius 1 is 1.28 bits per heavy atom. The Morgan fingerprint density at radius 2 is 2.03 bits per heavy atom. The molecule has 2 saturated carbocycles. The van der Waals surface area contributed by atoms with E-state index in [9.17, 15) is 5.11 Å². The second-order valence-corrected chi connectivity index (χ2v) is 8.88. The lowest BCUT2D eigenvalue weighted by atomic mass is 9.77. The summed E-state index contributed by atoms with van der Waals surface area (Å²) in [5.41, 5.74) is 3.74. The molecule has 152 valence electrons. The van der Waals surface area contributed by atoms with Gasteiger partial charge in [-0.05, 0) is 45.6 Å². The maximum atomic E-state index is 10.1. The average molecular weight is 414 g/mol. The first-order chi connectivity index (χ1) is 13.9. The predicted molar refractivity (Wildman–Crippen MR) is 110 cm³/mol. The van der Waals surface area contributed by atoms with Crippen LogP contribution in [0.3, 0.4) is 0 Å². The normalized spacial score (nSPS) is 23.9. The minimum absolute atomic E-state index is 0.205. The van der Waals surface area contributed by atoms with E-state index in [1.165, 1.54) is 0 Å². The van der Waals surface area contributed by atoms with E-state index in [2.05, 4.69) is 10.3 Å². The highest BCUT2D eigenvalue weighted by molar-refractivity contribution is 6.33. The zero-order chi connectivity index (χ0) is 20.2. The zero-order valence-electron chi connectivity index (χ0n) is 16.6. The van der Waals surface area contributed by atoms with Crippen LogP contribution in [0.15, 0.2) is 35.0 Å². The lowest BCUT2D eigenvalue weighted by molar-refractivity contribution is -0.0548. The van der Waals surface area contributed by atoms with Gasteiger partial charge in [0, 0.05) is 11.3 Å².